The van der Waals surface area contributed by atoms with Gasteiger partial charge in [0, 0.05) is 11.7 Å². The summed E-state index contributed by atoms with van der Waals surface area (Å²) in [6.07, 6.45) is 6.21. The summed E-state index contributed by atoms with van der Waals surface area (Å²) in [6, 6.07) is 11.3. The summed E-state index contributed by atoms with van der Waals surface area (Å²) in [7, 11) is -3.69. The Hall–Kier alpha value is -2.34. The quantitative estimate of drug-likeness (QED) is 0.714. The first-order valence-corrected chi connectivity index (χ1v) is 12.2. The van der Waals surface area contributed by atoms with Gasteiger partial charge in [-0.3, -0.25) is 9.52 Å². The number of amides is 1. The van der Waals surface area contributed by atoms with Gasteiger partial charge in [0.2, 0.25) is 5.91 Å². The van der Waals surface area contributed by atoms with Crippen LogP contribution in [-0.4, -0.2) is 20.4 Å². The fraction of sp³-hybridized carbons (Fsp3) is 0.458. The number of benzene rings is 2. The molecule has 2 aliphatic rings. The molecular formula is C24H30N2O3S. The van der Waals surface area contributed by atoms with Gasteiger partial charge in [0.05, 0.1) is 10.3 Å². The van der Waals surface area contributed by atoms with E-state index in [-0.39, 0.29) is 5.91 Å². The van der Waals surface area contributed by atoms with Gasteiger partial charge in [-0.25, -0.2) is 8.42 Å². The van der Waals surface area contributed by atoms with Gasteiger partial charge in [-0.05, 0) is 75.3 Å². The summed E-state index contributed by atoms with van der Waals surface area (Å²) >= 11 is 0. The van der Waals surface area contributed by atoms with Crippen molar-refractivity contribution < 1.29 is 13.2 Å². The zero-order chi connectivity index (χ0) is 21.5. The highest BCUT2D eigenvalue weighted by Crippen LogP contribution is 2.49. The molecule has 160 valence electrons. The predicted octanol–water partition coefficient (Wildman–Crippen LogP) is 4.50. The zero-order valence-electron chi connectivity index (χ0n) is 17.9. The molecule has 0 unspecified atom stereocenters. The van der Waals surface area contributed by atoms with Crippen molar-refractivity contribution in [1.29, 1.82) is 0 Å². The Bertz CT molecular complexity index is 1040. The number of hydrogen-bond acceptors (Lipinski definition) is 3. The van der Waals surface area contributed by atoms with Crippen LogP contribution >= 0.6 is 0 Å². The van der Waals surface area contributed by atoms with Crippen LogP contribution in [0.4, 0.5) is 5.69 Å². The predicted molar refractivity (Wildman–Crippen MR) is 119 cm³/mol. The normalized spacial score (nSPS) is 18.2. The summed E-state index contributed by atoms with van der Waals surface area (Å²) < 4.78 is 28.6. The van der Waals surface area contributed by atoms with Gasteiger partial charge in [-0.2, -0.15) is 0 Å². The van der Waals surface area contributed by atoms with Gasteiger partial charge < -0.3 is 5.32 Å². The summed E-state index contributed by atoms with van der Waals surface area (Å²) in [5, 5.41) is 3.22. The highest BCUT2D eigenvalue weighted by atomic mass is 32.2. The number of carbonyl (C=O) groups excluding carboxylic acids is 1. The minimum atomic E-state index is -3.69. The van der Waals surface area contributed by atoms with Crippen molar-refractivity contribution in [3.8, 4) is 0 Å². The van der Waals surface area contributed by atoms with E-state index < -0.39 is 15.4 Å². The summed E-state index contributed by atoms with van der Waals surface area (Å²) in [6.45, 7) is 5.59. The van der Waals surface area contributed by atoms with Crippen LogP contribution in [0.25, 0.3) is 0 Å². The van der Waals surface area contributed by atoms with Crippen LogP contribution in [0, 0.1) is 20.8 Å². The Morgan fingerprint density at radius 1 is 0.967 bits per heavy atom. The van der Waals surface area contributed by atoms with E-state index in [1.807, 2.05) is 45.0 Å². The number of nitrogens with one attached hydrogen (secondary N) is 2. The topological polar surface area (TPSA) is 75.3 Å². The van der Waals surface area contributed by atoms with Crippen molar-refractivity contribution in [2.24, 2.45) is 0 Å². The van der Waals surface area contributed by atoms with E-state index in [9.17, 15) is 13.2 Å². The van der Waals surface area contributed by atoms with E-state index >= 15 is 0 Å². The van der Waals surface area contributed by atoms with Gasteiger partial charge >= 0.3 is 0 Å². The summed E-state index contributed by atoms with van der Waals surface area (Å²) in [5.74, 6) is 0.119. The standard InChI is InChI=1S/C24H30N2O3S/c1-16-14-17(2)22(18(3)15-16)30(28,29)26-21-10-8-19(9-11-21)24(12-13-24)23(27)25-20-6-4-5-7-20/h8-11,14-15,20,26H,4-7,12-13H2,1-3H3,(H,25,27). The van der Waals surface area contributed by atoms with Crippen molar-refractivity contribution in [1.82, 2.24) is 5.32 Å². The lowest BCUT2D eigenvalue weighted by molar-refractivity contribution is -0.124. The molecule has 2 saturated carbocycles. The molecule has 1 amide bonds. The van der Waals surface area contributed by atoms with Crippen molar-refractivity contribution in [2.75, 3.05) is 4.72 Å². The Kier molecular flexibility index (Phi) is 5.39. The van der Waals surface area contributed by atoms with Crippen molar-refractivity contribution >= 4 is 21.6 Å². The van der Waals surface area contributed by atoms with Gasteiger partial charge in [-0.1, -0.05) is 42.7 Å². The number of sulfonamides is 1. The molecule has 5 nitrogen and oxygen atoms in total. The highest BCUT2D eigenvalue weighted by molar-refractivity contribution is 7.92. The average molecular weight is 427 g/mol. The number of carbonyl (C=O) groups is 1. The molecule has 0 aromatic heterocycles. The van der Waals surface area contributed by atoms with Crippen LogP contribution in [0.5, 0.6) is 0 Å². The van der Waals surface area contributed by atoms with E-state index in [0.717, 1.165) is 47.9 Å². The zero-order valence-corrected chi connectivity index (χ0v) is 18.7. The number of aryl methyl sites for hydroxylation is 3. The third kappa shape index (κ3) is 3.97. The first kappa shape index (κ1) is 20.9. The van der Waals surface area contributed by atoms with Crippen LogP contribution in [0.3, 0.4) is 0 Å². The molecule has 6 heteroatoms. The second-order valence-corrected chi connectivity index (χ2v) is 10.6. The lowest BCUT2D eigenvalue weighted by Gasteiger charge is -2.20. The first-order valence-electron chi connectivity index (χ1n) is 10.7. The Balaban J connectivity index is 1.51. The molecule has 4 rings (SSSR count). The molecule has 2 aromatic rings. The van der Waals surface area contributed by atoms with Crippen LogP contribution in [0.2, 0.25) is 0 Å². The van der Waals surface area contributed by atoms with E-state index in [1.165, 1.54) is 12.8 Å². The van der Waals surface area contributed by atoms with E-state index in [2.05, 4.69) is 10.0 Å². The Labute approximate surface area is 179 Å². The van der Waals surface area contributed by atoms with Crippen molar-refractivity contribution in [2.45, 2.75) is 75.6 Å². The first-order chi connectivity index (χ1) is 14.2. The molecule has 2 aromatic carbocycles. The smallest absolute Gasteiger partial charge is 0.262 e. The Morgan fingerprint density at radius 3 is 2.07 bits per heavy atom. The van der Waals surface area contributed by atoms with Gasteiger partial charge in [-0.15, -0.1) is 0 Å². The fourth-order valence-electron chi connectivity index (χ4n) is 4.82. The SMILES string of the molecule is Cc1cc(C)c(S(=O)(=O)Nc2ccc(C3(C(=O)NC4CCCC4)CC3)cc2)c(C)c1. The Morgan fingerprint density at radius 2 is 1.53 bits per heavy atom. The van der Waals surface area contributed by atoms with Gasteiger partial charge in [0.15, 0.2) is 0 Å². The maximum absolute atomic E-state index is 13.0. The fourth-order valence-corrected chi connectivity index (χ4v) is 6.33. The molecular weight excluding hydrogens is 396 g/mol. The maximum atomic E-state index is 13.0. The monoisotopic (exact) mass is 426 g/mol. The van der Waals surface area contributed by atoms with E-state index in [4.69, 9.17) is 0 Å². The lowest BCUT2D eigenvalue weighted by Crippen LogP contribution is -2.40. The van der Waals surface area contributed by atoms with E-state index in [1.54, 1.807) is 12.1 Å². The van der Waals surface area contributed by atoms with Crippen molar-refractivity contribution in [3.05, 3.63) is 58.7 Å². The molecule has 2 N–H and O–H groups in total. The molecule has 0 radical (unpaired) electrons. The summed E-state index contributed by atoms with van der Waals surface area (Å²) in [5.41, 5.74) is 3.53. The second-order valence-electron chi connectivity index (χ2n) is 8.95. The second kappa shape index (κ2) is 7.73. The number of hydrogen-bond donors (Lipinski definition) is 2. The number of anilines is 1. The van der Waals surface area contributed by atoms with Crippen molar-refractivity contribution in [3.63, 3.8) is 0 Å². The lowest BCUT2D eigenvalue weighted by atomic mass is 9.94. The molecule has 0 bridgehead atoms. The maximum Gasteiger partial charge on any atom is 0.262 e. The molecule has 2 aliphatic carbocycles. The van der Waals surface area contributed by atoms with Crippen LogP contribution in [0.15, 0.2) is 41.3 Å². The third-order valence-corrected chi connectivity index (χ3v) is 8.12. The van der Waals surface area contributed by atoms with Crippen LogP contribution < -0.4 is 10.0 Å². The average Bonchev–Trinajstić information content (AvgIpc) is 3.31. The molecule has 0 aliphatic heterocycles. The third-order valence-electron chi connectivity index (χ3n) is 6.44. The number of rotatable bonds is 6. The van der Waals surface area contributed by atoms with Gasteiger partial charge in [0.25, 0.3) is 10.0 Å². The largest absolute Gasteiger partial charge is 0.353 e. The summed E-state index contributed by atoms with van der Waals surface area (Å²) in [4.78, 5) is 13.2. The minimum Gasteiger partial charge on any atom is -0.353 e. The molecule has 2 fully saturated rings. The highest BCUT2D eigenvalue weighted by Gasteiger charge is 2.51. The molecule has 0 spiro atoms. The van der Waals surface area contributed by atoms with Gasteiger partial charge in [0.1, 0.15) is 0 Å². The minimum absolute atomic E-state index is 0.119. The van der Waals surface area contributed by atoms with Crippen LogP contribution in [0.1, 0.15) is 60.8 Å². The molecule has 30 heavy (non-hydrogen) atoms. The molecule has 0 heterocycles. The molecule has 0 atom stereocenters. The molecule has 0 saturated heterocycles. The van der Waals surface area contributed by atoms with E-state index in [0.29, 0.717) is 16.6 Å². The van der Waals surface area contributed by atoms with Crippen LogP contribution in [-0.2, 0) is 20.2 Å².